The van der Waals surface area contributed by atoms with Gasteiger partial charge in [-0.2, -0.15) is 0 Å². The molecule has 5 nitrogen and oxygen atoms in total. The fourth-order valence-electron chi connectivity index (χ4n) is 4.18. The van der Waals surface area contributed by atoms with Crippen molar-refractivity contribution in [2.24, 2.45) is 9.98 Å². The van der Waals surface area contributed by atoms with E-state index in [1.807, 2.05) is 0 Å². The first-order chi connectivity index (χ1) is 14.3. The Bertz CT molecular complexity index is 954. The van der Waals surface area contributed by atoms with Gasteiger partial charge in [-0.15, -0.1) is 24.8 Å². The van der Waals surface area contributed by atoms with E-state index >= 15 is 0 Å². The number of piperidine rings is 1. The monoisotopic (exact) mass is 457 g/mol. The summed E-state index contributed by atoms with van der Waals surface area (Å²) in [5, 5.41) is 6.67. The molecule has 0 amide bonds. The maximum absolute atomic E-state index is 4.50. The molecule has 0 aromatic heterocycles. The Balaban J connectivity index is 0.00000136. The molecule has 0 bridgehead atoms. The molecule has 3 heterocycles. The molecule has 31 heavy (non-hydrogen) atoms. The Kier molecular flexibility index (Phi) is 7.99. The summed E-state index contributed by atoms with van der Waals surface area (Å²) in [7, 11) is 0. The lowest BCUT2D eigenvalue weighted by molar-refractivity contribution is 0.689. The third kappa shape index (κ3) is 5.41. The number of nitrogens with zero attached hydrogens (tertiary/aromatic N) is 3. The Morgan fingerprint density at radius 3 is 1.71 bits per heavy atom. The zero-order chi connectivity index (χ0) is 19.5. The van der Waals surface area contributed by atoms with Crippen molar-refractivity contribution >= 4 is 48.2 Å². The van der Waals surface area contributed by atoms with E-state index in [-0.39, 0.29) is 24.8 Å². The highest BCUT2D eigenvalue weighted by atomic mass is 35.5. The van der Waals surface area contributed by atoms with Crippen LogP contribution in [0.3, 0.4) is 0 Å². The Morgan fingerprint density at radius 2 is 1.23 bits per heavy atom. The molecule has 3 aliphatic rings. The van der Waals surface area contributed by atoms with Crippen molar-refractivity contribution < 1.29 is 0 Å². The first-order valence-corrected chi connectivity index (χ1v) is 10.6. The van der Waals surface area contributed by atoms with Gasteiger partial charge in [-0.05, 0) is 42.7 Å². The molecule has 0 unspecified atom stereocenters. The summed E-state index contributed by atoms with van der Waals surface area (Å²) in [5.74, 6) is 2.06. The van der Waals surface area contributed by atoms with Crippen LogP contribution in [-0.2, 0) is 0 Å². The molecule has 0 saturated carbocycles. The predicted octanol–water partition coefficient (Wildman–Crippen LogP) is 3.91. The average molecular weight is 458 g/mol. The smallest absolute Gasteiger partial charge is 0.128 e. The number of amidine groups is 2. The summed E-state index contributed by atoms with van der Waals surface area (Å²) in [6, 6.07) is 17.6. The fourth-order valence-corrected chi connectivity index (χ4v) is 4.18. The third-order valence-corrected chi connectivity index (χ3v) is 5.81. The van der Waals surface area contributed by atoms with E-state index in [2.05, 4.69) is 80.1 Å². The molecule has 7 heteroatoms. The van der Waals surface area contributed by atoms with Gasteiger partial charge in [0.1, 0.15) is 11.7 Å². The maximum Gasteiger partial charge on any atom is 0.128 e. The van der Waals surface area contributed by atoms with Crippen molar-refractivity contribution in [3.8, 4) is 0 Å². The van der Waals surface area contributed by atoms with Gasteiger partial charge in [0.05, 0.1) is 13.1 Å². The number of anilines is 1. The minimum atomic E-state index is 0. The van der Waals surface area contributed by atoms with Crippen LogP contribution in [-0.4, -0.2) is 50.9 Å². The van der Waals surface area contributed by atoms with E-state index < -0.39 is 0 Å². The first kappa shape index (κ1) is 23.2. The van der Waals surface area contributed by atoms with E-state index in [4.69, 9.17) is 0 Å². The van der Waals surface area contributed by atoms with Gasteiger partial charge in [-0.1, -0.05) is 35.9 Å². The van der Waals surface area contributed by atoms with Gasteiger partial charge in [0, 0.05) is 43.0 Å². The highest BCUT2D eigenvalue weighted by molar-refractivity contribution is 6.00. The number of halogens is 2. The number of hydrogen-bond donors (Lipinski definition) is 2. The minimum Gasteiger partial charge on any atom is -0.371 e. The lowest BCUT2D eigenvalue weighted by atomic mass is 9.99. The highest BCUT2D eigenvalue weighted by Gasteiger charge is 2.15. The van der Waals surface area contributed by atoms with Crippen LogP contribution in [0.4, 0.5) is 5.69 Å². The Morgan fingerprint density at radius 1 is 0.710 bits per heavy atom. The quantitative estimate of drug-likeness (QED) is 0.731. The number of rotatable bonds is 4. The molecule has 0 radical (unpaired) electrons. The van der Waals surface area contributed by atoms with Crippen molar-refractivity contribution in [1.29, 1.82) is 0 Å². The summed E-state index contributed by atoms with van der Waals surface area (Å²) in [5.41, 5.74) is 6.49. The zero-order valence-electron chi connectivity index (χ0n) is 17.5. The molecule has 3 aliphatic heterocycles. The van der Waals surface area contributed by atoms with E-state index in [0.717, 1.165) is 63.8 Å². The summed E-state index contributed by atoms with van der Waals surface area (Å²) in [4.78, 5) is 11.5. The van der Waals surface area contributed by atoms with Crippen LogP contribution >= 0.6 is 24.8 Å². The SMILES string of the molecule is C(=C1CCN(c2ccc(C3=NCCN3)cc2)CC1)c1ccc(C2=NCCN2)cc1.Cl.Cl. The highest BCUT2D eigenvalue weighted by Crippen LogP contribution is 2.25. The fraction of sp³-hybridized carbons (Fsp3) is 0.333. The van der Waals surface area contributed by atoms with Gasteiger partial charge in [0.15, 0.2) is 0 Å². The molecule has 2 aromatic rings. The molecular formula is C24H29Cl2N5. The van der Waals surface area contributed by atoms with E-state index in [1.54, 1.807) is 0 Å². The molecule has 1 fully saturated rings. The van der Waals surface area contributed by atoms with Crippen LogP contribution in [0.15, 0.2) is 64.1 Å². The van der Waals surface area contributed by atoms with Gasteiger partial charge in [-0.25, -0.2) is 0 Å². The third-order valence-electron chi connectivity index (χ3n) is 5.81. The standard InChI is InChI=1S/C24H27N5.2ClH/c1-3-20(23-25-11-12-26-23)4-2-18(1)17-19-9-15-29(16-10-19)22-7-5-21(6-8-22)24-27-13-14-28-24;;/h1-8,17H,9-16H2,(H,25,26)(H,27,28);2*1H. The zero-order valence-corrected chi connectivity index (χ0v) is 19.1. The van der Waals surface area contributed by atoms with Gasteiger partial charge in [0.25, 0.3) is 0 Å². The van der Waals surface area contributed by atoms with Gasteiger partial charge >= 0.3 is 0 Å². The van der Waals surface area contributed by atoms with Crippen LogP contribution in [0.1, 0.15) is 29.5 Å². The van der Waals surface area contributed by atoms with Crippen LogP contribution in [0.25, 0.3) is 6.08 Å². The van der Waals surface area contributed by atoms with E-state index in [1.165, 1.54) is 28.0 Å². The topological polar surface area (TPSA) is 52.0 Å². The second kappa shape index (κ2) is 10.7. The number of aliphatic imine (C=N–C) groups is 2. The van der Waals surface area contributed by atoms with Crippen molar-refractivity contribution in [3.05, 3.63) is 70.8 Å². The Labute approximate surface area is 196 Å². The maximum atomic E-state index is 4.50. The summed E-state index contributed by atoms with van der Waals surface area (Å²) in [6.07, 6.45) is 4.59. The van der Waals surface area contributed by atoms with Gasteiger partial charge < -0.3 is 15.5 Å². The van der Waals surface area contributed by atoms with Gasteiger partial charge in [-0.3, -0.25) is 9.98 Å². The molecule has 0 spiro atoms. The predicted molar refractivity (Wildman–Crippen MR) is 136 cm³/mol. The molecule has 2 aromatic carbocycles. The van der Waals surface area contributed by atoms with Gasteiger partial charge in [0.2, 0.25) is 0 Å². The molecule has 5 rings (SSSR count). The minimum absolute atomic E-state index is 0. The second-order valence-corrected chi connectivity index (χ2v) is 7.77. The van der Waals surface area contributed by atoms with Crippen LogP contribution < -0.4 is 15.5 Å². The largest absolute Gasteiger partial charge is 0.371 e. The summed E-state index contributed by atoms with van der Waals surface area (Å²) < 4.78 is 0. The molecular weight excluding hydrogens is 429 g/mol. The molecule has 2 N–H and O–H groups in total. The van der Waals surface area contributed by atoms with E-state index in [9.17, 15) is 0 Å². The second-order valence-electron chi connectivity index (χ2n) is 7.77. The number of nitrogens with one attached hydrogen (secondary N) is 2. The lowest BCUT2D eigenvalue weighted by Crippen LogP contribution is -2.30. The van der Waals surface area contributed by atoms with E-state index in [0.29, 0.717) is 0 Å². The van der Waals surface area contributed by atoms with Crippen molar-refractivity contribution in [1.82, 2.24) is 10.6 Å². The molecule has 164 valence electrons. The first-order valence-electron chi connectivity index (χ1n) is 10.6. The number of benzene rings is 2. The Hall–Kier alpha value is -2.50. The van der Waals surface area contributed by atoms with Crippen LogP contribution in [0.2, 0.25) is 0 Å². The van der Waals surface area contributed by atoms with Crippen LogP contribution in [0.5, 0.6) is 0 Å². The van der Waals surface area contributed by atoms with Crippen molar-refractivity contribution in [2.75, 3.05) is 44.2 Å². The lowest BCUT2D eigenvalue weighted by Gasteiger charge is -2.30. The number of hydrogen-bond acceptors (Lipinski definition) is 5. The normalized spacial score (nSPS) is 17.5. The summed E-state index contributed by atoms with van der Waals surface area (Å²) >= 11 is 0. The molecule has 0 atom stereocenters. The van der Waals surface area contributed by atoms with Crippen LogP contribution in [0, 0.1) is 0 Å². The molecule has 0 aliphatic carbocycles. The van der Waals surface area contributed by atoms with Crippen molar-refractivity contribution in [3.63, 3.8) is 0 Å². The van der Waals surface area contributed by atoms with Crippen molar-refractivity contribution in [2.45, 2.75) is 12.8 Å². The average Bonchev–Trinajstić information content (AvgIpc) is 3.50. The summed E-state index contributed by atoms with van der Waals surface area (Å²) in [6.45, 7) is 5.81. The molecule has 1 saturated heterocycles.